The topological polar surface area (TPSA) is 59.1 Å². The second kappa shape index (κ2) is 5.07. The minimum Gasteiger partial charge on any atom is -0.302 e. The molecule has 1 aromatic carbocycles. The predicted molar refractivity (Wildman–Crippen MR) is 82.9 cm³/mol. The Morgan fingerprint density at radius 3 is 2.90 bits per heavy atom. The van der Waals surface area contributed by atoms with Crippen LogP contribution in [-0.2, 0) is 16.6 Å². The summed E-state index contributed by atoms with van der Waals surface area (Å²) in [4.78, 5) is 28.4. The standard InChI is InChI=1S/C16H16N2O2S/c1-10(19)17-15-18-13(9-21-15)16(2)8-7-11-5-3-4-6-12(11)14(16)20/h3-6,9H,7-8H2,1-2H3,(H,17,18,19). The van der Waals surface area contributed by atoms with E-state index in [1.165, 1.54) is 18.3 Å². The summed E-state index contributed by atoms with van der Waals surface area (Å²) in [6.45, 7) is 3.39. The third kappa shape index (κ3) is 2.38. The molecular formula is C16H16N2O2S. The summed E-state index contributed by atoms with van der Waals surface area (Å²) in [5, 5.41) is 5.09. The van der Waals surface area contributed by atoms with E-state index in [0.29, 0.717) is 5.13 Å². The van der Waals surface area contributed by atoms with Crippen LogP contribution >= 0.6 is 11.3 Å². The Labute approximate surface area is 127 Å². The number of carbonyl (C=O) groups is 2. The number of anilines is 1. The Morgan fingerprint density at radius 2 is 2.14 bits per heavy atom. The minimum absolute atomic E-state index is 0.115. The number of Topliss-reactive ketones (excluding diaryl/α,β-unsaturated/α-hetero) is 1. The third-order valence-electron chi connectivity index (χ3n) is 4.01. The van der Waals surface area contributed by atoms with Crippen LogP contribution in [0, 0.1) is 0 Å². The van der Waals surface area contributed by atoms with Gasteiger partial charge in [-0.3, -0.25) is 9.59 Å². The molecule has 2 aromatic rings. The smallest absolute Gasteiger partial charge is 0.223 e. The highest BCUT2D eigenvalue weighted by Gasteiger charge is 2.41. The molecule has 0 saturated carbocycles. The van der Waals surface area contributed by atoms with E-state index in [9.17, 15) is 9.59 Å². The summed E-state index contributed by atoms with van der Waals surface area (Å²) in [6.07, 6.45) is 1.61. The molecule has 1 aliphatic carbocycles. The van der Waals surface area contributed by atoms with Crippen LogP contribution in [0.5, 0.6) is 0 Å². The summed E-state index contributed by atoms with van der Waals surface area (Å²) in [7, 11) is 0. The van der Waals surface area contributed by atoms with Crippen molar-refractivity contribution in [3.8, 4) is 0 Å². The molecule has 3 rings (SSSR count). The van der Waals surface area contributed by atoms with Gasteiger partial charge < -0.3 is 5.32 Å². The lowest BCUT2D eigenvalue weighted by molar-refractivity contribution is -0.114. The van der Waals surface area contributed by atoms with Gasteiger partial charge in [0, 0.05) is 17.9 Å². The highest BCUT2D eigenvalue weighted by atomic mass is 32.1. The number of hydrogen-bond donors (Lipinski definition) is 1. The lowest BCUT2D eigenvalue weighted by Crippen LogP contribution is -2.37. The van der Waals surface area contributed by atoms with Gasteiger partial charge in [0.15, 0.2) is 10.9 Å². The van der Waals surface area contributed by atoms with Gasteiger partial charge in [-0.25, -0.2) is 4.98 Å². The van der Waals surface area contributed by atoms with Crippen molar-refractivity contribution < 1.29 is 9.59 Å². The number of benzene rings is 1. The number of hydrogen-bond acceptors (Lipinski definition) is 4. The van der Waals surface area contributed by atoms with E-state index >= 15 is 0 Å². The largest absolute Gasteiger partial charge is 0.302 e. The van der Waals surface area contributed by atoms with Gasteiger partial charge in [0.2, 0.25) is 5.91 Å². The van der Waals surface area contributed by atoms with Gasteiger partial charge in [0.05, 0.1) is 11.1 Å². The first-order chi connectivity index (χ1) is 10.0. The number of ketones is 1. The SMILES string of the molecule is CC(=O)Nc1nc(C2(C)CCc3ccccc3C2=O)cs1. The Morgan fingerprint density at radius 1 is 1.38 bits per heavy atom. The zero-order valence-electron chi connectivity index (χ0n) is 12.0. The monoisotopic (exact) mass is 300 g/mol. The maximum atomic E-state index is 12.8. The Bertz CT molecular complexity index is 723. The maximum absolute atomic E-state index is 12.8. The molecule has 0 aliphatic heterocycles. The van der Waals surface area contributed by atoms with Crippen molar-refractivity contribution in [2.24, 2.45) is 0 Å². The van der Waals surface area contributed by atoms with Crippen molar-refractivity contribution in [2.75, 3.05) is 5.32 Å². The van der Waals surface area contributed by atoms with Crippen molar-refractivity contribution in [2.45, 2.75) is 32.1 Å². The van der Waals surface area contributed by atoms with Crippen LogP contribution < -0.4 is 5.32 Å². The maximum Gasteiger partial charge on any atom is 0.223 e. The first kappa shape index (κ1) is 13.9. The minimum atomic E-state index is -0.610. The van der Waals surface area contributed by atoms with E-state index in [1.54, 1.807) is 0 Å². The summed E-state index contributed by atoms with van der Waals surface area (Å²) in [5.74, 6) is -0.0367. The quantitative estimate of drug-likeness (QED) is 0.926. The fourth-order valence-electron chi connectivity index (χ4n) is 2.73. The number of carbonyl (C=O) groups excluding carboxylic acids is 2. The van der Waals surface area contributed by atoms with Gasteiger partial charge >= 0.3 is 0 Å². The summed E-state index contributed by atoms with van der Waals surface area (Å²) in [6, 6.07) is 7.76. The molecule has 4 nitrogen and oxygen atoms in total. The molecule has 0 fully saturated rings. The highest BCUT2D eigenvalue weighted by Crippen LogP contribution is 2.39. The first-order valence-electron chi connectivity index (χ1n) is 6.87. The van der Waals surface area contributed by atoms with Crippen molar-refractivity contribution in [1.29, 1.82) is 0 Å². The normalized spacial score (nSPS) is 21.0. The van der Waals surface area contributed by atoms with Gasteiger partial charge in [0.25, 0.3) is 0 Å². The highest BCUT2D eigenvalue weighted by molar-refractivity contribution is 7.14. The van der Waals surface area contributed by atoms with Crippen molar-refractivity contribution in [3.63, 3.8) is 0 Å². The molecule has 1 heterocycles. The molecule has 1 aliphatic rings. The van der Waals surface area contributed by atoms with E-state index in [2.05, 4.69) is 10.3 Å². The number of rotatable bonds is 2. The summed E-state index contributed by atoms with van der Waals surface area (Å²) in [5.41, 5.74) is 2.04. The van der Waals surface area contributed by atoms with E-state index in [4.69, 9.17) is 0 Å². The Hall–Kier alpha value is -2.01. The molecule has 108 valence electrons. The average molecular weight is 300 g/mol. The van der Waals surface area contributed by atoms with Crippen molar-refractivity contribution in [3.05, 3.63) is 46.5 Å². The van der Waals surface area contributed by atoms with E-state index in [0.717, 1.165) is 29.7 Å². The molecule has 0 bridgehead atoms. The molecule has 0 spiro atoms. The van der Waals surface area contributed by atoms with Gasteiger partial charge in [0.1, 0.15) is 0 Å². The van der Waals surface area contributed by atoms with Gasteiger partial charge in [-0.05, 0) is 25.3 Å². The van der Waals surface area contributed by atoms with Crippen LogP contribution in [0.3, 0.4) is 0 Å². The van der Waals surface area contributed by atoms with Gasteiger partial charge in [-0.2, -0.15) is 0 Å². The predicted octanol–water partition coefficient (Wildman–Crippen LogP) is 3.19. The van der Waals surface area contributed by atoms with Crippen LogP contribution in [0.15, 0.2) is 29.6 Å². The summed E-state index contributed by atoms with van der Waals surface area (Å²) >= 11 is 1.36. The molecule has 1 N–H and O–H groups in total. The molecule has 1 aromatic heterocycles. The molecule has 1 unspecified atom stereocenters. The van der Waals surface area contributed by atoms with Crippen LogP contribution in [0.25, 0.3) is 0 Å². The van der Waals surface area contributed by atoms with Crippen LogP contribution in [0.2, 0.25) is 0 Å². The number of thiazole rings is 1. The molecule has 0 saturated heterocycles. The Balaban J connectivity index is 1.96. The van der Waals surface area contributed by atoms with Crippen molar-refractivity contribution in [1.82, 2.24) is 4.98 Å². The number of aromatic nitrogens is 1. The third-order valence-corrected chi connectivity index (χ3v) is 4.77. The number of nitrogens with one attached hydrogen (secondary N) is 1. The van der Waals surface area contributed by atoms with Crippen LogP contribution in [0.4, 0.5) is 5.13 Å². The van der Waals surface area contributed by atoms with E-state index in [1.807, 2.05) is 36.6 Å². The second-order valence-electron chi connectivity index (χ2n) is 5.54. The zero-order valence-corrected chi connectivity index (χ0v) is 12.8. The average Bonchev–Trinajstić information content (AvgIpc) is 2.92. The van der Waals surface area contributed by atoms with E-state index < -0.39 is 5.41 Å². The summed E-state index contributed by atoms with van der Waals surface area (Å²) < 4.78 is 0. The molecule has 1 amide bonds. The lowest BCUT2D eigenvalue weighted by Gasteiger charge is -2.31. The molecule has 0 radical (unpaired) electrons. The molecule has 5 heteroatoms. The fraction of sp³-hybridized carbons (Fsp3) is 0.312. The number of aryl methyl sites for hydroxylation is 1. The number of nitrogens with zero attached hydrogens (tertiary/aromatic N) is 1. The Kier molecular flexibility index (Phi) is 3.37. The second-order valence-corrected chi connectivity index (χ2v) is 6.40. The fourth-order valence-corrected chi connectivity index (χ4v) is 3.62. The zero-order chi connectivity index (χ0) is 15.0. The first-order valence-corrected chi connectivity index (χ1v) is 7.75. The van der Waals surface area contributed by atoms with Crippen molar-refractivity contribution >= 4 is 28.2 Å². The van der Waals surface area contributed by atoms with Crippen LogP contribution in [-0.4, -0.2) is 16.7 Å². The van der Waals surface area contributed by atoms with E-state index in [-0.39, 0.29) is 11.7 Å². The van der Waals surface area contributed by atoms with Gasteiger partial charge in [-0.1, -0.05) is 24.3 Å². The van der Waals surface area contributed by atoms with Crippen LogP contribution in [0.1, 0.15) is 41.9 Å². The van der Waals surface area contributed by atoms with Gasteiger partial charge in [-0.15, -0.1) is 11.3 Å². The lowest BCUT2D eigenvalue weighted by atomic mass is 9.70. The number of fused-ring (bicyclic) bond motifs is 1. The molecular weight excluding hydrogens is 284 g/mol. The number of amides is 1. The molecule has 21 heavy (non-hydrogen) atoms. The molecule has 1 atom stereocenters.